The summed E-state index contributed by atoms with van der Waals surface area (Å²) >= 11 is 0. The number of nitrogens with zero attached hydrogens (tertiary/aromatic N) is 3. The van der Waals surface area contributed by atoms with E-state index in [4.69, 9.17) is 4.55 Å². The second-order valence-electron chi connectivity index (χ2n) is 5.81. The number of amides is 1. The Morgan fingerprint density at radius 1 is 1.15 bits per heavy atom. The van der Waals surface area contributed by atoms with E-state index in [2.05, 4.69) is 5.32 Å². The number of hydrogen-bond acceptors (Lipinski definition) is 7. The highest BCUT2D eigenvalue weighted by molar-refractivity contribution is 7.88. The van der Waals surface area contributed by atoms with Crippen LogP contribution in [0.2, 0.25) is 0 Å². The van der Waals surface area contributed by atoms with Gasteiger partial charge in [-0.3, -0.25) is 9.35 Å². The maximum atomic E-state index is 12.2. The Labute approximate surface area is 157 Å². The standard InChI is InChI=1S/C15H18N4O6S2/c1-26(21,22)19-8-6-18(7-9-19)11-12(10-16)15(20)17-13-2-4-14(5-3-13)27(23,24)25/h2-5,11H,6-9H2,1H3,(H,17,20)(H,23,24,25)/b12-11-. The Morgan fingerprint density at radius 3 is 2.15 bits per heavy atom. The molecule has 1 heterocycles. The number of sulfonamides is 1. The first kappa shape index (κ1) is 20.8. The van der Waals surface area contributed by atoms with Crippen LogP contribution in [0.25, 0.3) is 0 Å². The quantitative estimate of drug-likeness (QED) is 0.384. The van der Waals surface area contributed by atoms with Crippen LogP contribution in [0.15, 0.2) is 40.9 Å². The van der Waals surface area contributed by atoms with E-state index in [1.165, 1.54) is 22.6 Å². The lowest BCUT2D eigenvalue weighted by Gasteiger charge is -2.32. The van der Waals surface area contributed by atoms with Gasteiger partial charge in [-0.05, 0) is 24.3 Å². The molecular weight excluding hydrogens is 396 g/mol. The molecule has 0 spiro atoms. The van der Waals surface area contributed by atoms with Gasteiger partial charge in [-0.15, -0.1) is 0 Å². The molecule has 1 saturated heterocycles. The van der Waals surface area contributed by atoms with E-state index >= 15 is 0 Å². The van der Waals surface area contributed by atoms with E-state index in [1.54, 1.807) is 11.0 Å². The van der Waals surface area contributed by atoms with E-state index < -0.39 is 26.0 Å². The second-order valence-corrected chi connectivity index (χ2v) is 9.21. The maximum absolute atomic E-state index is 12.2. The van der Waals surface area contributed by atoms with Crippen LogP contribution in [0.4, 0.5) is 5.69 Å². The van der Waals surface area contributed by atoms with Crippen molar-refractivity contribution in [1.29, 1.82) is 5.26 Å². The molecule has 146 valence electrons. The van der Waals surface area contributed by atoms with Gasteiger partial charge in [0.1, 0.15) is 11.6 Å². The number of rotatable bonds is 5. The molecule has 0 atom stereocenters. The topological polar surface area (TPSA) is 148 Å². The highest BCUT2D eigenvalue weighted by Gasteiger charge is 2.23. The molecule has 0 bridgehead atoms. The average Bonchev–Trinajstić information content (AvgIpc) is 2.59. The summed E-state index contributed by atoms with van der Waals surface area (Å²) in [6.07, 6.45) is 2.49. The van der Waals surface area contributed by atoms with Crippen LogP contribution in [0, 0.1) is 11.3 Å². The second kappa shape index (κ2) is 8.05. The molecule has 0 aromatic heterocycles. The predicted octanol–water partition coefficient (Wildman–Crippen LogP) is -0.144. The summed E-state index contributed by atoms with van der Waals surface area (Å²) in [4.78, 5) is 13.6. The van der Waals surface area contributed by atoms with Crippen molar-refractivity contribution in [2.24, 2.45) is 0 Å². The zero-order chi connectivity index (χ0) is 20.2. The first-order chi connectivity index (χ1) is 12.5. The van der Waals surface area contributed by atoms with Gasteiger partial charge in [0.05, 0.1) is 11.2 Å². The van der Waals surface area contributed by atoms with Crippen LogP contribution in [0.3, 0.4) is 0 Å². The van der Waals surface area contributed by atoms with Gasteiger partial charge >= 0.3 is 0 Å². The highest BCUT2D eigenvalue weighted by Crippen LogP contribution is 2.15. The fourth-order valence-electron chi connectivity index (χ4n) is 2.39. The monoisotopic (exact) mass is 414 g/mol. The lowest BCUT2D eigenvalue weighted by atomic mass is 10.2. The minimum absolute atomic E-state index is 0.179. The number of nitriles is 1. The molecule has 2 rings (SSSR count). The first-order valence-electron chi connectivity index (χ1n) is 7.71. The largest absolute Gasteiger partial charge is 0.373 e. The SMILES string of the molecule is CS(=O)(=O)N1CCN(/C=C(/C#N)C(=O)Nc2ccc(S(=O)(=O)O)cc2)CC1. The summed E-state index contributed by atoms with van der Waals surface area (Å²) in [7, 11) is -7.61. The fraction of sp³-hybridized carbons (Fsp3) is 0.333. The first-order valence-corrected chi connectivity index (χ1v) is 11.0. The predicted molar refractivity (Wildman–Crippen MR) is 96.6 cm³/mol. The Bertz CT molecular complexity index is 986. The number of piperazine rings is 1. The summed E-state index contributed by atoms with van der Waals surface area (Å²) < 4.78 is 55.2. The summed E-state index contributed by atoms with van der Waals surface area (Å²) in [5.74, 6) is -0.692. The van der Waals surface area contributed by atoms with Gasteiger partial charge in [-0.2, -0.15) is 18.0 Å². The van der Waals surface area contributed by atoms with Crippen LogP contribution in [0.1, 0.15) is 0 Å². The molecule has 0 unspecified atom stereocenters. The smallest absolute Gasteiger partial charge is 0.294 e. The van der Waals surface area contributed by atoms with E-state index in [0.717, 1.165) is 18.4 Å². The number of benzene rings is 1. The third kappa shape index (κ3) is 5.76. The van der Waals surface area contributed by atoms with Crippen molar-refractivity contribution < 1.29 is 26.2 Å². The Kier molecular flexibility index (Phi) is 6.22. The molecule has 1 aliphatic rings. The fourth-order valence-corrected chi connectivity index (χ4v) is 3.70. The van der Waals surface area contributed by atoms with E-state index in [1.807, 2.05) is 0 Å². The number of hydrogen-bond donors (Lipinski definition) is 2. The molecule has 12 heteroatoms. The van der Waals surface area contributed by atoms with E-state index in [-0.39, 0.29) is 29.2 Å². The van der Waals surface area contributed by atoms with E-state index in [0.29, 0.717) is 13.1 Å². The van der Waals surface area contributed by atoms with Crippen molar-refractivity contribution in [3.8, 4) is 6.07 Å². The minimum atomic E-state index is -4.33. The highest BCUT2D eigenvalue weighted by atomic mass is 32.2. The molecule has 27 heavy (non-hydrogen) atoms. The molecule has 0 radical (unpaired) electrons. The summed E-state index contributed by atoms with van der Waals surface area (Å²) in [6, 6.07) is 6.58. The van der Waals surface area contributed by atoms with Gasteiger partial charge in [-0.1, -0.05) is 0 Å². The third-order valence-corrected chi connectivity index (χ3v) is 6.00. The molecule has 1 aromatic carbocycles. The van der Waals surface area contributed by atoms with Crippen molar-refractivity contribution in [1.82, 2.24) is 9.21 Å². The molecule has 1 aromatic rings. The normalized spacial score (nSPS) is 16.6. The Balaban J connectivity index is 2.04. The molecule has 10 nitrogen and oxygen atoms in total. The number of carbonyl (C=O) groups is 1. The number of carbonyl (C=O) groups excluding carboxylic acids is 1. The van der Waals surface area contributed by atoms with Gasteiger partial charge in [0, 0.05) is 38.1 Å². The van der Waals surface area contributed by atoms with Gasteiger partial charge < -0.3 is 10.2 Å². The lowest BCUT2D eigenvalue weighted by molar-refractivity contribution is -0.112. The molecule has 1 aliphatic heterocycles. The lowest BCUT2D eigenvalue weighted by Crippen LogP contribution is -2.46. The molecule has 2 N–H and O–H groups in total. The Hall–Kier alpha value is -2.46. The molecule has 0 aliphatic carbocycles. The van der Waals surface area contributed by atoms with E-state index in [9.17, 15) is 26.9 Å². The zero-order valence-corrected chi connectivity index (χ0v) is 16.0. The summed E-state index contributed by atoms with van der Waals surface area (Å²) in [5.41, 5.74) is 0.0668. The summed E-state index contributed by atoms with van der Waals surface area (Å²) in [5, 5.41) is 11.7. The van der Waals surface area contributed by atoms with Crippen LogP contribution >= 0.6 is 0 Å². The van der Waals surface area contributed by atoms with Gasteiger partial charge in [0.15, 0.2) is 0 Å². The number of anilines is 1. The van der Waals surface area contributed by atoms with Crippen molar-refractivity contribution in [2.45, 2.75) is 4.90 Å². The van der Waals surface area contributed by atoms with Crippen molar-refractivity contribution in [3.05, 3.63) is 36.0 Å². The Morgan fingerprint density at radius 2 is 1.70 bits per heavy atom. The molecule has 1 fully saturated rings. The summed E-state index contributed by atoms with van der Waals surface area (Å²) in [6.45, 7) is 1.20. The van der Waals surface area contributed by atoms with Crippen molar-refractivity contribution in [3.63, 3.8) is 0 Å². The van der Waals surface area contributed by atoms with Crippen LogP contribution < -0.4 is 5.32 Å². The minimum Gasteiger partial charge on any atom is -0.373 e. The van der Waals surface area contributed by atoms with Crippen molar-refractivity contribution >= 4 is 31.7 Å². The number of nitrogens with one attached hydrogen (secondary N) is 1. The average molecular weight is 414 g/mol. The van der Waals surface area contributed by atoms with Crippen molar-refractivity contribution in [2.75, 3.05) is 37.8 Å². The van der Waals surface area contributed by atoms with Crippen LogP contribution in [0.5, 0.6) is 0 Å². The third-order valence-electron chi connectivity index (χ3n) is 3.83. The maximum Gasteiger partial charge on any atom is 0.294 e. The van der Waals surface area contributed by atoms with Gasteiger partial charge in [-0.25, -0.2) is 8.42 Å². The van der Waals surface area contributed by atoms with Gasteiger partial charge in [0.25, 0.3) is 16.0 Å². The van der Waals surface area contributed by atoms with Gasteiger partial charge in [0.2, 0.25) is 10.0 Å². The van der Waals surface area contributed by atoms with Crippen LogP contribution in [-0.2, 0) is 24.9 Å². The molecule has 0 saturated carbocycles. The molecular formula is C15H18N4O6S2. The molecule has 1 amide bonds. The van der Waals surface area contributed by atoms with Crippen LogP contribution in [-0.4, -0.2) is 68.9 Å². The zero-order valence-electron chi connectivity index (χ0n) is 14.4.